The summed E-state index contributed by atoms with van der Waals surface area (Å²) < 4.78 is 0. The fraction of sp³-hybridized carbons (Fsp3) is 0.300. The van der Waals surface area contributed by atoms with Crippen molar-refractivity contribution in [1.29, 1.82) is 0 Å². The highest BCUT2D eigenvalue weighted by atomic mass is 32.2. The first-order valence-electron chi connectivity index (χ1n) is 8.68. The first kappa shape index (κ1) is 17.5. The predicted molar refractivity (Wildman–Crippen MR) is 106 cm³/mol. The van der Waals surface area contributed by atoms with Crippen molar-refractivity contribution in [3.8, 4) is 0 Å². The second kappa shape index (κ2) is 9.28. The van der Waals surface area contributed by atoms with Gasteiger partial charge in [0.25, 0.3) is 0 Å². The van der Waals surface area contributed by atoms with Crippen LogP contribution < -0.4 is 5.32 Å². The van der Waals surface area contributed by atoms with Crippen LogP contribution in [0.3, 0.4) is 0 Å². The van der Waals surface area contributed by atoms with E-state index >= 15 is 0 Å². The highest BCUT2D eigenvalue weighted by Gasteiger charge is 2.17. The Kier molecular flexibility index (Phi) is 6.51. The molecule has 25 heavy (non-hydrogen) atoms. The number of anilines is 1. The highest BCUT2D eigenvalue weighted by Crippen LogP contribution is 2.21. The second-order valence-corrected chi connectivity index (χ2v) is 6.92. The molecule has 130 valence electrons. The van der Waals surface area contributed by atoms with Crippen LogP contribution >= 0.6 is 11.8 Å². The van der Waals surface area contributed by atoms with E-state index in [0.29, 0.717) is 5.75 Å². The molecular weight excluding hydrogens is 330 g/mol. The molecule has 2 aromatic carbocycles. The van der Waals surface area contributed by atoms with E-state index in [4.69, 9.17) is 4.99 Å². The number of hydrogen-bond donors (Lipinski definition) is 1. The topological polar surface area (TPSA) is 44.7 Å². The van der Waals surface area contributed by atoms with Gasteiger partial charge in [-0.15, -0.1) is 0 Å². The second-order valence-electron chi connectivity index (χ2n) is 5.98. The summed E-state index contributed by atoms with van der Waals surface area (Å²) in [6, 6.07) is 19.5. The van der Waals surface area contributed by atoms with Crippen molar-refractivity contribution in [2.75, 3.05) is 24.2 Å². The van der Waals surface area contributed by atoms with E-state index in [0.717, 1.165) is 29.6 Å². The Labute approximate surface area is 153 Å². The fourth-order valence-corrected chi connectivity index (χ4v) is 3.61. The summed E-state index contributed by atoms with van der Waals surface area (Å²) in [6.45, 7) is 2.03. The average Bonchev–Trinajstić information content (AvgIpc) is 2.67. The molecule has 0 atom stereocenters. The summed E-state index contributed by atoms with van der Waals surface area (Å²) in [5.41, 5.74) is 1.76. The molecule has 1 saturated heterocycles. The molecule has 3 rings (SSSR count). The molecule has 1 aliphatic rings. The Morgan fingerprint density at radius 1 is 0.960 bits per heavy atom. The number of nitrogens with one attached hydrogen (secondary N) is 1. The molecule has 0 spiro atoms. The van der Waals surface area contributed by atoms with E-state index < -0.39 is 0 Å². The number of likely N-dealkylation sites (tertiary alicyclic amines) is 1. The summed E-state index contributed by atoms with van der Waals surface area (Å²) in [4.78, 5) is 19.3. The first-order chi connectivity index (χ1) is 12.3. The van der Waals surface area contributed by atoms with E-state index in [1.807, 2.05) is 60.7 Å². The van der Waals surface area contributed by atoms with Gasteiger partial charge in [0.05, 0.1) is 11.4 Å². The molecule has 0 bridgehead atoms. The minimum absolute atomic E-state index is 0.00558. The Morgan fingerprint density at radius 3 is 2.28 bits per heavy atom. The maximum atomic E-state index is 12.2. The van der Waals surface area contributed by atoms with Gasteiger partial charge in [0, 0.05) is 18.8 Å². The van der Waals surface area contributed by atoms with Crippen LogP contribution in [0.5, 0.6) is 0 Å². The number of hydrogen-bond acceptors (Lipinski definition) is 3. The number of rotatable bonds is 4. The normalized spacial score (nSPS) is 15.0. The van der Waals surface area contributed by atoms with Crippen LogP contribution in [-0.2, 0) is 4.79 Å². The van der Waals surface area contributed by atoms with Gasteiger partial charge in [0.1, 0.15) is 0 Å². The van der Waals surface area contributed by atoms with Gasteiger partial charge in [0.15, 0.2) is 5.17 Å². The Balaban J connectivity index is 1.65. The molecule has 1 aliphatic heterocycles. The van der Waals surface area contributed by atoms with Crippen LogP contribution in [0.15, 0.2) is 65.7 Å². The van der Waals surface area contributed by atoms with Crippen molar-refractivity contribution in [2.24, 2.45) is 4.99 Å². The predicted octanol–water partition coefficient (Wildman–Crippen LogP) is 4.53. The molecule has 4 nitrogen and oxygen atoms in total. The molecule has 1 amide bonds. The van der Waals surface area contributed by atoms with Gasteiger partial charge >= 0.3 is 0 Å². The molecular formula is C20H23N3OS. The number of amides is 1. The lowest BCUT2D eigenvalue weighted by molar-refractivity contribution is -0.113. The molecule has 2 aromatic rings. The third-order valence-corrected chi connectivity index (χ3v) is 5.01. The summed E-state index contributed by atoms with van der Waals surface area (Å²) in [7, 11) is 0. The zero-order valence-corrected chi connectivity index (χ0v) is 15.0. The van der Waals surface area contributed by atoms with Crippen molar-refractivity contribution >= 4 is 34.2 Å². The van der Waals surface area contributed by atoms with Crippen LogP contribution in [0.2, 0.25) is 0 Å². The fourth-order valence-electron chi connectivity index (χ4n) is 2.74. The lowest BCUT2D eigenvalue weighted by Crippen LogP contribution is -2.34. The quantitative estimate of drug-likeness (QED) is 0.649. The van der Waals surface area contributed by atoms with E-state index in [1.165, 1.54) is 31.0 Å². The van der Waals surface area contributed by atoms with Crippen molar-refractivity contribution in [2.45, 2.75) is 19.3 Å². The molecule has 0 radical (unpaired) electrons. The minimum atomic E-state index is -0.00558. The summed E-state index contributed by atoms with van der Waals surface area (Å²) in [5.74, 6) is 0.353. The van der Waals surface area contributed by atoms with Crippen LogP contribution in [0, 0.1) is 0 Å². The van der Waals surface area contributed by atoms with Crippen molar-refractivity contribution in [3.05, 3.63) is 60.7 Å². The monoisotopic (exact) mass is 353 g/mol. The van der Waals surface area contributed by atoms with Crippen molar-refractivity contribution in [1.82, 2.24) is 4.90 Å². The van der Waals surface area contributed by atoms with Gasteiger partial charge in [-0.05, 0) is 43.5 Å². The Hall–Kier alpha value is -2.27. The largest absolute Gasteiger partial charge is 0.351 e. The van der Waals surface area contributed by atoms with Gasteiger partial charge in [-0.25, -0.2) is 4.99 Å². The molecule has 1 fully saturated rings. The Bertz CT molecular complexity index is 697. The van der Waals surface area contributed by atoms with E-state index in [9.17, 15) is 4.79 Å². The summed E-state index contributed by atoms with van der Waals surface area (Å²) in [5, 5.41) is 3.87. The lowest BCUT2D eigenvalue weighted by atomic mass is 10.1. The number of nitrogens with zero attached hydrogens (tertiary/aromatic N) is 2. The van der Waals surface area contributed by atoms with E-state index in [1.54, 1.807) is 0 Å². The van der Waals surface area contributed by atoms with Crippen molar-refractivity contribution in [3.63, 3.8) is 0 Å². The van der Waals surface area contributed by atoms with Crippen LogP contribution in [0.25, 0.3) is 0 Å². The summed E-state index contributed by atoms with van der Waals surface area (Å²) >= 11 is 1.51. The molecule has 0 unspecified atom stereocenters. The maximum absolute atomic E-state index is 12.2. The molecule has 0 aromatic heterocycles. The first-order valence-corrected chi connectivity index (χ1v) is 9.66. The highest BCUT2D eigenvalue weighted by molar-refractivity contribution is 8.14. The zero-order chi connectivity index (χ0) is 17.3. The number of carbonyl (C=O) groups excluding carboxylic acids is 1. The van der Waals surface area contributed by atoms with E-state index in [2.05, 4.69) is 10.2 Å². The number of para-hydroxylation sites is 2. The maximum Gasteiger partial charge on any atom is 0.234 e. The van der Waals surface area contributed by atoms with Gasteiger partial charge in [-0.3, -0.25) is 4.79 Å². The number of thioether (sulfide) groups is 1. The SMILES string of the molecule is O=C(CSC(=Nc1ccccc1)N1CCCCC1)Nc1ccccc1. The molecule has 1 N–H and O–H groups in total. The van der Waals surface area contributed by atoms with Crippen LogP contribution in [-0.4, -0.2) is 34.8 Å². The minimum Gasteiger partial charge on any atom is -0.351 e. The average molecular weight is 353 g/mol. The van der Waals surface area contributed by atoms with Gasteiger partial charge in [-0.1, -0.05) is 48.2 Å². The lowest BCUT2D eigenvalue weighted by Gasteiger charge is -2.29. The van der Waals surface area contributed by atoms with Gasteiger partial charge in [0.2, 0.25) is 5.91 Å². The molecule has 0 aliphatic carbocycles. The number of aliphatic imine (C=N–C) groups is 1. The van der Waals surface area contributed by atoms with Crippen LogP contribution in [0.1, 0.15) is 19.3 Å². The van der Waals surface area contributed by atoms with Crippen LogP contribution in [0.4, 0.5) is 11.4 Å². The van der Waals surface area contributed by atoms with E-state index in [-0.39, 0.29) is 5.91 Å². The Morgan fingerprint density at radius 2 is 1.60 bits per heavy atom. The number of benzene rings is 2. The zero-order valence-electron chi connectivity index (χ0n) is 14.2. The summed E-state index contributed by atoms with van der Waals surface area (Å²) in [6.07, 6.45) is 3.64. The standard InChI is InChI=1S/C20H23N3OS/c24-19(21-17-10-4-1-5-11-17)16-25-20(23-14-8-3-9-15-23)22-18-12-6-2-7-13-18/h1-2,4-7,10-13H,3,8-9,14-16H2,(H,21,24). The molecule has 5 heteroatoms. The number of piperidine rings is 1. The molecule has 0 saturated carbocycles. The molecule has 1 heterocycles. The third-order valence-electron chi connectivity index (χ3n) is 4.00. The number of amidine groups is 1. The van der Waals surface area contributed by atoms with Gasteiger partial charge < -0.3 is 10.2 Å². The third kappa shape index (κ3) is 5.64. The smallest absolute Gasteiger partial charge is 0.234 e. The van der Waals surface area contributed by atoms with Crippen molar-refractivity contribution < 1.29 is 4.79 Å². The van der Waals surface area contributed by atoms with Gasteiger partial charge in [-0.2, -0.15) is 0 Å². The number of carbonyl (C=O) groups is 1.